The second-order valence-electron chi connectivity index (χ2n) is 23.2. The zero-order chi connectivity index (χ0) is 52.0. The van der Waals surface area contributed by atoms with E-state index in [2.05, 4.69) is 19.2 Å². The summed E-state index contributed by atoms with van der Waals surface area (Å²) in [7, 11) is 1.59. The van der Waals surface area contributed by atoms with Gasteiger partial charge in [-0.2, -0.15) is 0 Å². The van der Waals surface area contributed by atoms with E-state index in [1.165, 1.54) is 270 Å². The summed E-state index contributed by atoms with van der Waals surface area (Å²) in [6.45, 7) is 4.86. The molecule has 0 spiro atoms. The maximum Gasteiger partial charge on any atom is 0.472 e. The summed E-state index contributed by atoms with van der Waals surface area (Å²) in [6, 6.07) is -0.841. The lowest BCUT2D eigenvalue weighted by Gasteiger charge is -2.25. The largest absolute Gasteiger partial charge is 0.472 e. The van der Waals surface area contributed by atoms with Crippen molar-refractivity contribution in [2.75, 3.05) is 40.9 Å². The van der Waals surface area contributed by atoms with Gasteiger partial charge in [-0.25, -0.2) is 4.57 Å². The van der Waals surface area contributed by atoms with Gasteiger partial charge in [-0.15, -0.1) is 0 Å². The smallest absolute Gasteiger partial charge is 0.387 e. The first kappa shape index (κ1) is 70.2. The van der Waals surface area contributed by atoms with Crippen LogP contribution in [0.25, 0.3) is 0 Å². The third kappa shape index (κ3) is 56.8. The van der Waals surface area contributed by atoms with E-state index in [1.807, 2.05) is 27.2 Å². The molecular formula is C62H126N2O6P+. The van der Waals surface area contributed by atoms with Gasteiger partial charge >= 0.3 is 7.82 Å². The van der Waals surface area contributed by atoms with Gasteiger partial charge < -0.3 is 19.8 Å². The third-order valence-corrected chi connectivity index (χ3v) is 15.7. The monoisotopic (exact) mass is 1030 g/mol. The number of aliphatic hydroxyl groups is 1. The van der Waals surface area contributed by atoms with E-state index in [-0.39, 0.29) is 19.1 Å². The van der Waals surface area contributed by atoms with E-state index >= 15 is 0 Å². The maximum absolute atomic E-state index is 13.0. The topological polar surface area (TPSA) is 105 Å². The summed E-state index contributed by atoms with van der Waals surface area (Å²) in [6.07, 6.45) is 67.8. The molecule has 1 amide bonds. The van der Waals surface area contributed by atoms with Gasteiger partial charge in [0.25, 0.3) is 0 Å². The highest BCUT2D eigenvalue weighted by Crippen LogP contribution is 2.43. The van der Waals surface area contributed by atoms with Crippen molar-refractivity contribution in [2.45, 2.75) is 341 Å². The van der Waals surface area contributed by atoms with Gasteiger partial charge in [0.2, 0.25) is 5.91 Å². The van der Waals surface area contributed by atoms with Crippen molar-refractivity contribution in [3.05, 3.63) is 12.2 Å². The molecule has 0 aromatic rings. The van der Waals surface area contributed by atoms with Crippen LogP contribution >= 0.6 is 7.82 Å². The molecule has 424 valence electrons. The number of unbranched alkanes of at least 4 members (excludes halogenated alkanes) is 46. The molecule has 0 aliphatic carbocycles. The van der Waals surface area contributed by atoms with Crippen molar-refractivity contribution >= 4 is 13.7 Å². The molecule has 0 rings (SSSR count). The second kappa shape index (κ2) is 54.0. The number of allylic oxidation sites excluding steroid dienone is 1. The number of carbonyl (C=O) groups is 1. The average Bonchev–Trinajstić information content (AvgIpc) is 3.33. The molecular weight excluding hydrogens is 900 g/mol. The Morgan fingerprint density at radius 2 is 0.746 bits per heavy atom. The zero-order valence-corrected chi connectivity index (χ0v) is 49.4. The standard InChI is InChI=1S/C62H125N2O6P/c1-6-8-10-12-14-16-18-20-21-22-23-24-25-26-27-28-29-30-31-32-33-34-35-36-37-38-39-40-41-42-44-46-48-50-52-54-56-62(66)63-60(59-70-71(67,68)69-58-57-64(3,4)5)61(65)55-53-51-49-47-45-43-19-17-15-13-11-9-7-2/h53,55,60-61,65H,6-52,54,56-59H2,1-5H3,(H-,63,66,67,68)/p+1/b55-53+. The number of rotatable bonds is 59. The first-order valence-electron chi connectivity index (χ1n) is 31.6. The lowest BCUT2D eigenvalue weighted by Crippen LogP contribution is -2.45. The van der Waals surface area contributed by atoms with Crippen molar-refractivity contribution in [2.24, 2.45) is 0 Å². The van der Waals surface area contributed by atoms with Crippen LogP contribution in [0.2, 0.25) is 0 Å². The number of hydrogen-bond acceptors (Lipinski definition) is 5. The Labute approximate surface area is 443 Å². The minimum atomic E-state index is -4.34. The minimum absolute atomic E-state index is 0.0650. The minimum Gasteiger partial charge on any atom is -0.387 e. The normalized spacial score (nSPS) is 13.8. The molecule has 9 heteroatoms. The van der Waals surface area contributed by atoms with Crippen molar-refractivity contribution < 1.29 is 32.9 Å². The maximum atomic E-state index is 13.0. The van der Waals surface area contributed by atoms with Crippen LogP contribution in [0.5, 0.6) is 0 Å². The van der Waals surface area contributed by atoms with Crippen LogP contribution in [0.3, 0.4) is 0 Å². The molecule has 0 saturated heterocycles. The Hall–Kier alpha value is -0.760. The van der Waals surface area contributed by atoms with Crippen LogP contribution in [0.4, 0.5) is 0 Å². The van der Waals surface area contributed by atoms with E-state index in [9.17, 15) is 19.4 Å². The van der Waals surface area contributed by atoms with E-state index < -0.39 is 20.0 Å². The number of phosphoric ester groups is 1. The van der Waals surface area contributed by atoms with Crippen molar-refractivity contribution in [1.29, 1.82) is 0 Å². The van der Waals surface area contributed by atoms with Crippen LogP contribution in [0.15, 0.2) is 12.2 Å². The molecule has 0 saturated carbocycles. The van der Waals surface area contributed by atoms with Gasteiger partial charge in [0.05, 0.1) is 39.9 Å². The molecule has 71 heavy (non-hydrogen) atoms. The molecule has 3 N–H and O–H groups in total. The molecule has 3 unspecified atom stereocenters. The first-order valence-corrected chi connectivity index (χ1v) is 33.1. The summed E-state index contributed by atoms with van der Waals surface area (Å²) in [5.41, 5.74) is 0. The fourth-order valence-corrected chi connectivity index (χ4v) is 10.5. The van der Waals surface area contributed by atoms with Gasteiger partial charge in [0, 0.05) is 6.42 Å². The molecule has 0 bridgehead atoms. The molecule has 0 aromatic heterocycles. The zero-order valence-electron chi connectivity index (χ0n) is 48.5. The Kier molecular flexibility index (Phi) is 53.5. The third-order valence-electron chi connectivity index (χ3n) is 14.8. The van der Waals surface area contributed by atoms with E-state index in [0.29, 0.717) is 17.4 Å². The molecule has 3 atom stereocenters. The number of phosphoric acid groups is 1. The molecule has 0 radical (unpaired) electrons. The number of quaternary nitrogens is 1. The van der Waals surface area contributed by atoms with Gasteiger partial charge in [-0.3, -0.25) is 13.8 Å². The lowest BCUT2D eigenvalue weighted by molar-refractivity contribution is -0.870. The van der Waals surface area contributed by atoms with Crippen molar-refractivity contribution in [3.8, 4) is 0 Å². The number of amides is 1. The summed E-state index contributed by atoms with van der Waals surface area (Å²) < 4.78 is 23.7. The van der Waals surface area contributed by atoms with Crippen LogP contribution in [0.1, 0.15) is 328 Å². The number of likely N-dealkylation sites (N-methyl/N-ethyl adjacent to an activating group) is 1. The number of carbonyl (C=O) groups excluding carboxylic acids is 1. The van der Waals surface area contributed by atoms with Crippen LogP contribution < -0.4 is 5.32 Å². The molecule has 0 aliphatic heterocycles. The number of nitrogens with zero attached hydrogens (tertiary/aromatic N) is 1. The van der Waals surface area contributed by atoms with Crippen LogP contribution in [-0.4, -0.2) is 73.4 Å². The molecule has 0 aliphatic rings. The van der Waals surface area contributed by atoms with Crippen LogP contribution in [-0.2, 0) is 18.4 Å². The van der Waals surface area contributed by atoms with Gasteiger partial charge in [0.15, 0.2) is 0 Å². The highest BCUT2D eigenvalue weighted by Gasteiger charge is 2.28. The van der Waals surface area contributed by atoms with Gasteiger partial charge in [-0.1, -0.05) is 315 Å². The van der Waals surface area contributed by atoms with E-state index in [1.54, 1.807) is 6.08 Å². The predicted molar refractivity (Wildman–Crippen MR) is 309 cm³/mol. The van der Waals surface area contributed by atoms with Gasteiger partial charge in [-0.05, 0) is 19.3 Å². The highest BCUT2D eigenvalue weighted by molar-refractivity contribution is 7.47. The average molecular weight is 1030 g/mol. The molecule has 8 nitrogen and oxygen atoms in total. The fourth-order valence-electron chi connectivity index (χ4n) is 9.81. The summed E-state index contributed by atoms with van der Waals surface area (Å²) in [5, 5.41) is 13.9. The molecule has 0 fully saturated rings. The summed E-state index contributed by atoms with van der Waals surface area (Å²) in [4.78, 5) is 23.3. The van der Waals surface area contributed by atoms with Crippen molar-refractivity contribution in [3.63, 3.8) is 0 Å². The van der Waals surface area contributed by atoms with E-state index in [4.69, 9.17) is 9.05 Å². The Morgan fingerprint density at radius 3 is 1.04 bits per heavy atom. The quantitative estimate of drug-likeness (QED) is 0.0243. The van der Waals surface area contributed by atoms with Gasteiger partial charge in [0.1, 0.15) is 13.2 Å². The first-order chi connectivity index (χ1) is 34.5. The SMILES string of the molecule is CCCCCCCCCCCCC/C=C/C(O)C(COP(=O)(O)OCC[N+](C)(C)C)NC(=O)CCCCCCCCCCCCCCCCCCCCCCCCCCCCCCCCCCCCCC. The summed E-state index contributed by atoms with van der Waals surface area (Å²) in [5.74, 6) is -0.170. The number of nitrogens with one attached hydrogen (secondary N) is 1. The number of aliphatic hydroxyl groups excluding tert-OH is 1. The second-order valence-corrected chi connectivity index (χ2v) is 24.6. The Balaban J connectivity index is 3.87. The summed E-state index contributed by atoms with van der Waals surface area (Å²) >= 11 is 0. The van der Waals surface area contributed by atoms with E-state index in [0.717, 1.165) is 38.5 Å². The Morgan fingerprint density at radius 1 is 0.465 bits per heavy atom. The van der Waals surface area contributed by atoms with Crippen LogP contribution in [0, 0.1) is 0 Å². The molecule has 0 aromatic carbocycles. The predicted octanol–water partition coefficient (Wildman–Crippen LogP) is 19.4. The highest BCUT2D eigenvalue weighted by atomic mass is 31.2. The number of hydrogen-bond donors (Lipinski definition) is 3. The van der Waals surface area contributed by atoms with Crippen molar-refractivity contribution in [1.82, 2.24) is 5.32 Å². The lowest BCUT2D eigenvalue weighted by atomic mass is 10.0. The Bertz CT molecular complexity index is 1160. The molecule has 0 heterocycles. The fraction of sp³-hybridized carbons (Fsp3) is 0.952.